The molecule has 21 heavy (non-hydrogen) atoms. The van der Waals surface area contributed by atoms with Gasteiger partial charge in [-0.05, 0) is 36.8 Å². The number of pyridine rings is 1. The normalized spacial score (nSPS) is 16.1. The number of likely N-dealkylation sites (tertiary alicyclic amines) is 1. The Hall–Kier alpha value is -1.95. The third kappa shape index (κ3) is 3.39. The van der Waals surface area contributed by atoms with Gasteiger partial charge in [-0.2, -0.15) is 0 Å². The molecular formula is C15H18N4OS. The van der Waals surface area contributed by atoms with E-state index < -0.39 is 0 Å². The summed E-state index contributed by atoms with van der Waals surface area (Å²) in [5.41, 5.74) is 7.33. The minimum absolute atomic E-state index is 0.00257. The van der Waals surface area contributed by atoms with Crippen LogP contribution in [0.25, 0.3) is 0 Å². The molecule has 2 aromatic rings. The Bertz CT molecular complexity index is 605. The van der Waals surface area contributed by atoms with Gasteiger partial charge in [-0.15, -0.1) is 11.3 Å². The van der Waals surface area contributed by atoms with E-state index in [0.717, 1.165) is 32.4 Å². The molecule has 0 aromatic carbocycles. The Balaban J connectivity index is 1.54. The Morgan fingerprint density at radius 2 is 2.24 bits per heavy atom. The summed E-state index contributed by atoms with van der Waals surface area (Å²) < 4.78 is 0. The molecule has 1 saturated heterocycles. The number of nitrogen functional groups attached to an aromatic ring is 1. The molecule has 2 aromatic heterocycles. The molecule has 3 heterocycles. The van der Waals surface area contributed by atoms with Crippen molar-refractivity contribution < 1.29 is 4.79 Å². The number of carbonyl (C=O) groups is 1. The minimum atomic E-state index is 0.00257. The van der Waals surface area contributed by atoms with E-state index in [1.165, 1.54) is 16.9 Å². The lowest BCUT2D eigenvalue weighted by atomic mass is 9.90. The fourth-order valence-electron chi connectivity index (χ4n) is 2.74. The summed E-state index contributed by atoms with van der Waals surface area (Å²) in [6, 6.07) is 4.09. The lowest BCUT2D eigenvalue weighted by molar-refractivity contribution is 0.0685. The van der Waals surface area contributed by atoms with Gasteiger partial charge in [0.05, 0.1) is 0 Å². The fourth-order valence-corrected chi connectivity index (χ4v) is 3.28. The SMILES string of the molecule is Nc1nc(C(=O)N2CCC(Cc3cccnc3)CC2)cs1. The lowest BCUT2D eigenvalue weighted by Gasteiger charge is -2.31. The van der Waals surface area contributed by atoms with E-state index in [4.69, 9.17) is 5.73 Å². The van der Waals surface area contributed by atoms with E-state index in [-0.39, 0.29) is 5.91 Å². The van der Waals surface area contributed by atoms with E-state index >= 15 is 0 Å². The second kappa shape index (κ2) is 6.22. The van der Waals surface area contributed by atoms with Crippen molar-refractivity contribution >= 4 is 22.4 Å². The molecule has 3 rings (SSSR count). The van der Waals surface area contributed by atoms with Crippen molar-refractivity contribution in [2.45, 2.75) is 19.3 Å². The quantitative estimate of drug-likeness (QED) is 0.943. The molecule has 6 heteroatoms. The third-order valence-corrected chi connectivity index (χ3v) is 4.56. The zero-order chi connectivity index (χ0) is 14.7. The Morgan fingerprint density at radius 3 is 2.86 bits per heavy atom. The van der Waals surface area contributed by atoms with E-state index in [0.29, 0.717) is 16.7 Å². The standard InChI is InChI=1S/C15H18N4OS/c16-15-18-13(10-21-15)14(20)19-6-3-11(4-7-19)8-12-2-1-5-17-9-12/h1-2,5,9-11H,3-4,6-8H2,(H2,16,18). The first kappa shape index (κ1) is 14.0. The Kier molecular flexibility index (Phi) is 4.15. The number of nitrogens with zero attached hydrogens (tertiary/aromatic N) is 3. The van der Waals surface area contributed by atoms with Crippen LogP contribution in [0.2, 0.25) is 0 Å². The number of thiazole rings is 1. The number of nitrogens with two attached hydrogens (primary N) is 1. The highest BCUT2D eigenvalue weighted by atomic mass is 32.1. The second-order valence-corrected chi connectivity index (χ2v) is 6.26. The fraction of sp³-hybridized carbons (Fsp3) is 0.400. The largest absolute Gasteiger partial charge is 0.375 e. The summed E-state index contributed by atoms with van der Waals surface area (Å²) in [6.07, 6.45) is 6.82. The van der Waals surface area contributed by atoms with Gasteiger partial charge >= 0.3 is 0 Å². The number of piperidine rings is 1. The van der Waals surface area contributed by atoms with Gasteiger partial charge in [-0.25, -0.2) is 4.98 Å². The molecule has 0 unspecified atom stereocenters. The molecule has 0 atom stereocenters. The molecule has 1 amide bonds. The molecule has 2 N–H and O–H groups in total. The van der Waals surface area contributed by atoms with Crippen LogP contribution in [0.4, 0.5) is 5.13 Å². The van der Waals surface area contributed by atoms with E-state index in [9.17, 15) is 4.79 Å². The first-order valence-corrected chi connectivity index (χ1v) is 7.99. The maximum absolute atomic E-state index is 12.3. The van der Waals surface area contributed by atoms with Crippen LogP contribution >= 0.6 is 11.3 Å². The predicted molar refractivity (Wildman–Crippen MR) is 83.1 cm³/mol. The van der Waals surface area contributed by atoms with Gasteiger partial charge in [0.2, 0.25) is 0 Å². The van der Waals surface area contributed by atoms with Crippen LogP contribution in [0.1, 0.15) is 28.9 Å². The zero-order valence-corrected chi connectivity index (χ0v) is 12.6. The van der Waals surface area contributed by atoms with E-state index in [2.05, 4.69) is 16.0 Å². The number of carbonyl (C=O) groups excluding carboxylic acids is 1. The van der Waals surface area contributed by atoms with Crippen molar-refractivity contribution in [3.63, 3.8) is 0 Å². The van der Waals surface area contributed by atoms with Crippen LogP contribution in [-0.4, -0.2) is 33.9 Å². The van der Waals surface area contributed by atoms with Crippen molar-refractivity contribution in [1.82, 2.24) is 14.9 Å². The molecule has 0 radical (unpaired) electrons. The molecule has 5 nitrogen and oxygen atoms in total. The summed E-state index contributed by atoms with van der Waals surface area (Å²) in [4.78, 5) is 22.4. The molecule has 1 aliphatic heterocycles. The molecule has 110 valence electrons. The van der Waals surface area contributed by atoms with E-state index in [1.54, 1.807) is 11.6 Å². The highest BCUT2D eigenvalue weighted by Crippen LogP contribution is 2.23. The highest BCUT2D eigenvalue weighted by Gasteiger charge is 2.25. The van der Waals surface area contributed by atoms with Crippen LogP contribution in [-0.2, 0) is 6.42 Å². The molecule has 0 saturated carbocycles. The van der Waals surface area contributed by atoms with Crippen molar-refractivity contribution in [3.05, 3.63) is 41.2 Å². The Labute approximate surface area is 127 Å². The van der Waals surface area contributed by atoms with Gasteiger partial charge < -0.3 is 10.6 Å². The summed E-state index contributed by atoms with van der Waals surface area (Å²) >= 11 is 1.31. The number of aromatic nitrogens is 2. The summed E-state index contributed by atoms with van der Waals surface area (Å²) in [7, 11) is 0. The zero-order valence-electron chi connectivity index (χ0n) is 11.7. The molecular weight excluding hydrogens is 284 g/mol. The third-order valence-electron chi connectivity index (χ3n) is 3.89. The number of hydrogen-bond acceptors (Lipinski definition) is 5. The highest BCUT2D eigenvalue weighted by molar-refractivity contribution is 7.13. The summed E-state index contributed by atoms with van der Waals surface area (Å²) in [6.45, 7) is 1.59. The molecule has 0 aliphatic carbocycles. The van der Waals surface area contributed by atoms with Gasteiger partial charge in [0.25, 0.3) is 5.91 Å². The molecule has 1 aliphatic rings. The summed E-state index contributed by atoms with van der Waals surface area (Å²) in [5, 5.41) is 2.18. The topological polar surface area (TPSA) is 72.1 Å². The van der Waals surface area contributed by atoms with Crippen molar-refractivity contribution in [1.29, 1.82) is 0 Å². The molecule has 0 bridgehead atoms. The number of rotatable bonds is 3. The molecule has 1 fully saturated rings. The second-order valence-electron chi connectivity index (χ2n) is 5.37. The number of amides is 1. The maximum atomic E-state index is 12.3. The van der Waals surface area contributed by atoms with Crippen LogP contribution in [0.3, 0.4) is 0 Å². The van der Waals surface area contributed by atoms with Gasteiger partial charge in [0, 0.05) is 30.9 Å². The Morgan fingerprint density at radius 1 is 1.43 bits per heavy atom. The molecule has 0 spiro atoms. The maximum Gasteiger partial charge on any atom is 0.273 e. The number of hydrogen-bond donors (Lipinski definition) is 1. The predicted octanol–water partition coefficient (Wildman–Crippen LogP) is 2.22. The van der Waals surface area contributed by atoms with Crippen LogP contribution in [0, 0.1) is 5.92 Å². The van der Waals surface area contributed by atoms with Crippen LogP contribution in [0.15, 0.2) is 29.9 Å². The minimum Gasteiger partial charge on any atom is -0.375 e. The monoisotopic (exact) mass is 302 g/mol. The van der Waals surface area contributed by atoms with E-state index in [1.807, 2.05) is 17.2 Å². The van der Waals surface area contributed by atoms with Crippen LogP contribution in [0.5, 0.6) is 0 Å². The van der Waals surface area contributed by atoms with Crippen LogP contribution < -0.4 is 5.73 Å². The van der Waals surface area contributed by atoms with Crippen molar-refractivity contribution in [3.8, 4) is 0 Å². The van der Waals surface area contributed by atoms with Gasteiger partial charge in [-0.1, -0.05) is 6.07 Å². The number of anilines is 1. The first-order valence-electron chi connectivity index (χ1n) is 7.11. The summed E-state index contributed by atoms with van der Waals surface area (Å²) in [5.74, 6) is 0.626. The first-order chi connectivity index (χ1) is 10.2. The van der Waals surface area contributed by atoms with Gasteiger partial charge in [0.15, 0.2) is 5.13 Å². The average Bonchev–Trinajstić information content (AvgIpc) is 2.95. The lowest BCUT2D eigenvalue weighted by Crippen LogP contribution is -2.39. The smallest absolute Gasteiger partial charge is 0.273 e. The van der Waals surface area contributed by atoms with Crippen molar-refractivity contribution in [2.24, 2.45) is 5.92 Å². The van der Waals surface area contributed by atoms with Crippen molar-refractivity contribution in [2.75, 3.05) is 18.8 Å². The average molecular weight is 302 g/mol. The van der Waals surface area contributed by atoms with Gasteiger partial charge in [-0.3, -0.25) is 9.78 Å². The van der Waals surface area contributed by atoms with Gasteiger partial charge in [0.1, 0.15) is 5.69 Å².